The Kier molecular flexibility index (Phi) is 3.95. The van der Waals surface area contributed by atoms with Gasteiger partial charge in [0.1, 0.15) is 6.10 Å². The minimum absolute atomic E-state index is 0.0182. The number of carbonyl (C=O) groups excluding carboxylic acids is 1. The van der Waals surface area contributed by atoms with Gasteiger partial charge < -0.3 is 4.74 Å². The molecule has 2 aliphatic carbocycles. The summed E-state index contributed by atoms with van der Waals surface area (Å²) in [6.45, 7) is 3.69. The van der Waals surface area contributed by atoms with Gasteiger partial charge in [0.25, 0.3) is 0 Å². The summed E-state index contributed by atoms with van der Waals surface area (Å²) in [5.41, 5.74) is 1.51. The molecule has 1 saturated carbocycles. The first-order valence-corrected chi connectivity index (χ1v) is 8.29. The monoisotopic (exact) mass is 270 g/mol. The van der Waals surface area contributed by atoms with Crippen LogP contribution in [0.4, 0.5) is 0 Å². The predicted molar refractivity (Wildman–Crippen MR) is 72.6 cm³/mol. The molecule has 2 aliphatic rings. The fourth-order valence-corrected chi connectivity index (χ4v) is 4.44. The van der Waals surface area contributed by atoms with E-state index in [-0.39, 0.29) is 17.5 Å². The van der Waals surface area contributed by atoms with Crippen LogP contribution in [0.3, 0.4) is 0 Å². The number of hydrogen-bond acceptors (Lipinski definition) is 3. The lowest BCUT2D eigenvalue weighted by Crippen LogP contribution is -2.43. The number of esters is 1. The van der Waals surface area contributed by atoms with Crippen molar-refractivity contribution in [2.45, 2.75) is 45.6 Å². The zero-order valence-corrected chi connectivity index (χ0v) is 12.2. The summed E-state index contributed by atoms with van der Waals surface area (Å²) >= 11 is 0. The smallest absolute Gasteiger partial charge is 0.302 e. The van der Waals surface area contributed by atoms with Gasteiger partial charge in [-0.05, 0) is 31.6 Å². The van der Waals surface area contributed by atoms with Gasteiger partial charge >= 0.3 is 5.97 Å². The second-order valence-corrected chi connectivity index (χ2v) is 7.44. The second-order valence-electron chi connectivity index (χ2n) is 5.96. The van der Waals surface area contributed by atoms with Crippen LogP contribution in [0, 0.1) is 11.3 Å². The van der Waals surface area contributed by atoms with Crippen molar-refractivity contribution in [2.75, 3.05) is 12.0 Å². The Hall–Kier alpha value is -0.640. The molecule has 2 rings (SSSR count). The third kappa shape index (κ3) is 2.85. The molecule has 18 heavy (non-hydrogen) atoms. The van der Waals surface area contributed by atoms with E-state index in [0.29, 0.717) is 11.7 Å². The molecule has 0 radical (unpaired) electrons. The first kappa shape index (κ1) is 13.8. The molecule has 0 spiro atoms. The molecular formula is C14H22O3S. The molecule has 0 N–H and O–H groups in total. The van der Waals surface area contributed by atoms with Gasteiger partial charge in [-0.3, -0.25) is 9.00 Å². The number of allylic oxidation sites excluding steroid dienone is 2. The maximum Gasteiger partial charge on any atom is 0.302 e. The summed E-state index contributed by atoms with van der Waals surface area (Å²) in [7, 11) is -0.934. The maximum absolute atomic E-state index is 11.5. The van der Waals surface area contributed by atoms with Crippen LogP contribution in [0.5, 0.6) is 0 Å². The van der Waals surface area contributed by atoms with Crippen LogP contribution in [-0.4, -0.2) is 28.3 Å². The van der Waals surface area contributed by atoms with Crippen molar-refractivity contribution in [2.24, 2.45) is 11.3 Å². The molecule has 0 aromatic carbocycles. The summed E-state index contributed by atoms with van der Waals surface area (Å²) in [5.74, 6) is 0.843. The van der Waals surface area contributed by atoms with Gasteiger partial charge in [-0.25, -0.2) is 0 Å². The molecule has 0 saturated heterocycles. The largest absolute Gasteiger partial charge is 0.461 e. The van der Waals surface area contributed by atoms with Gasteiger partial charge in [-0.15, -0.1) is 0 Å². The molecule has 4 heteroatoms. The van der Waals surface area contributed by atoms with Gasteiger partial charge in [-0.1, -0.05) is 18.6 Å². The van der Waals surface area contributed by atoms with E-state index in [1.54, 1.807) is 6.26 Å². The summed E-state index contributed by atoms with van der Waals surface area (Å²) in [6.07, 6.45) is 8.03. The van der Waals surface area contributed by atoms with Crippen LogP contribution in [-0.2, 0) is 20.3 Å². The van der Waals surface area contributed by atoms with Crippen molar-refractivity contribution < 1.29 is 13.7 Å². The van der Waals surface area contributed by atoms with Crippen LogP contribution in [0.1, 0.15) is 39.5 Å². The topological polar surface area (TPSA) is 43.4 Å². The number of fused-ring (bicyclic) bond motifs is 2. The molecule has 2 bridgehead atoms. The average molecular weight is 270 g/mol. The van der Waals surface area contributed by atoms with Gasteiger partial charge in [0.15, 0.2) is 0 Å². The number of carbonyl (C=O) groups is 1. The van der Waals surface area contributed by atoms with Gasteiger partial charge in [0.2, 0.25) is 0 Å². The minimum atomic E-state index is -0.934. The molecule has 4 atom stereocenters. The fourth-order valence-electron chi connectivity index (χ4n) is 3.59. The van der Waals surface area contributed by atoms with Crippen LogP contribution in [0.15, 0.2) is 11.6 Å². The highest BCUT2D eigenvalue weighted by molar-refractivity contribution is 7.84. The van der Waals surface area contributed by atoms with Crippen LogP contribution >= 0.6 is 0 Å². The van der Waals surface area contributed by atoms with Gasteiger partial charge in [-0.2, -0.15) is 0 Å². The van der Waals surface area contributed by atoms with Crippen molar-refractivity contribution in [3.05, 3.63) is 11.6 Å². The van der Waals surface area contributed by atoms with E-state index in [1.165, 1.54) is 18.9 Å². The molecule has 0 amide bonds. The fraction of sp³-hybridized carbons (Fsp3) is 0.786. The highest BCUT2D eigenvalue weighted by Crippen LogP contribution is 2.52. The molecule has 3 nitrogen and oxygen atoms in total. The van der Waals surface area contributed by atoms with E-state index in [1.807, 2.05) is 0 Å². The van der Waals surface area contributed by atoms with E-state index in [4.69, 9.17) is 4.74 Å². The molecule has 0 heterocycles. The van der Waals surface area contributed by atoms with E-state index < -0.39 is 10.8 Å². The molecule has 102 valence electrons. The Morgan fingerprint density at radius 2 is 2.39 bits per heavy atom. The highest BCUT2D eigenvalue weighted by atomic mass is 32.2. The number of rotatable bonds is 4. The SMILES string of the molecule is CC(=O)OC(CS(C)=O)C12CC=C(CC(C)C1)C2. The van der Waals surface area contributed by atoms with Crippen molar-refractivity contribution >= 4 is 16.8 Å². The lowest BCUT2D eigenvalue weighted by Gasteiger charge is -2.41. The Balaban J connectivity index is 2.18. The summed E-state index contributed by atoms with van der Waals surface area (Å²) in [4.78, 5) is 11.3. The third-order valence-electron chi connectivity index (χ3n) is 4.12. The molecular weight excluding hydrogens is 248 g/mol. The summed E-state index contributed by atoms with van der Waals surface area (Å²) < 4.78 is 17.0. The van der Waals surface area contributed by atoms with Crippen LogP contribution < -0.4 is 0 Å². The van der Waals surface area contributed by atoms with Crippen LogP contribution in [0.2, 0.25) is 0 Å². The normalized spacial score (nSPS) is 33.7. The van der Waals surface area contributed by atoms with E-state index in [2.05, 4.69) is 13.0 Å². The minimum Gasteiger partial charge on any atom is -0.461 e. The predicted octanol–water partition coefficient (Wildman–Crippen LogP) is 2.43. The molecule has 1 fully saturated rings. The second kappa shape index (κ2) is 5.16. The average Bonchev–Trinajstić information content (AvgIpc) is 2.53. The third-order valence-corrected chi connectivity index (χ3v) is 4.89. The van der Waals surface area contributed by atoms with E-state index in [9.17, 15) is 9.00 Å². The standard InChI is InChI=1S/C14H22O3S/c1-10-6-12-4-5-14(7-10,8-12)13(9-18(3)16)17-11(2)15/h4,10,13H,5-9H2,1-3H3. The van der Waals surface area contributed by atoms with Crippen molar-refractivity contribution in [3.63, 3.8) is 0 Å². The van der Waals surface area contributed by atoms with Gasteiger partial charge in [0, 0.05) is 29.4 Å². The Morgan fingerprint density at radius 3 is 3.00 bits per heavy atom. The number of hydrogen-bond donors (Lipinski definition) is 0. The van der Waals surface area contributed by atoms with Crippen molar-refractivity contribution in [3.8, 4) is 0 Å². The molecule has 0 aromatic rings. The van der Waals surface area contributed by atoms with E-state index in [0.717, 1.165) is 19.3 Å². The zero-order valence-electron chi connectivity index (χ0n) is 11.4. The first-order chi connectivity index (χ1) is 8.41. The lowest BCUT2D eigenvalue weighted by molar-refractivity contribution is -0.152. The lowest BCUT2D eigenvalue weighted by atomic mass is 9.68. The number of ether oxygens (including phenoxy) is 1. The summed E-state index contributed by atoms with van der Waals surface area (Å²) in [5, 5.41) is 0. The van der Waals surface area contributed by atoms with Crippen molar-refractivity contribution in [1.29, 1.82) is 0 Å². The quantitative estimate of drug-likeness (QED) is 0.582. The molecule has 0 aliphatic heterocycles. The first-order valence-electron chi connectivity index (χ1n) is 6.56. The Morgan fingerprint density at radius 1 is 1.67 bits per heavy atom. The zero-order chi connectivity index (χ0) is 13.3. The Bertz CT molecular complexity index is 386. The molecule has 0 aromatic heterocycles. The maximum atomic E-state index is 11.5. The Labute approximate surface area is 111 Å². The molecule has 4 unspecified atom stereocenters. The van der Waals surface area contributed by atoms with E-state index >= 15 is 0 Å². The summed E-state index contributed by atoms with van der Waals surface area (Å²) in [6, 6.07) is 0. The van der Waals surface area contributed by atoms with Gasteiger partial charge in [0.05, 0.1) is 5.75 Å². The van der Waals surface area contributed by atoms with Crippen molar-refractivity contribution in [1.82, 2.24) is 0 Å². The highest BCUT2D eigenvalue weighted by Gasteiger charge is 2.47. The van der Waals surface area contributed by atoms with Crippen LogP contribution in [0.25, 0.3) is 0 Å².